The van der Waals surface area contributed by atoms with Crippen LogP contribution in [0.4, 0.5) is 13.2 Å². The van der Waals surface area contributed by atoms with E-state index >= 15 is 0 Å². The van der Waals surface area contributed by atoms with Gasteiger partial charge in [0.25, 0.3) is 0 Å². The maximum absolute atomic E-state index is 12.1. The van der Waals surface area contributed by atoms with Crippen LogP contribution in [0.3, 0.4) is 0 Å². The second-order valence-electron chi connectivity index (χ2n) is 4.07. The van der Waals surface area contributed by atoms with Crippen LogP contribution in [0.1, 0.15) is 30.5 Å². The molecule has 1 aromatic carbocycles. The van der Waals surface area contributed by atoms with Crippen LogP contribution < -0.4 is 10.1 Å². The highest BCUT2D eigenvalue weighted by atomic mass is 19.4. The third kappa shape index (κ3) is 2.91. The molecule has 0 amide bonds. The average Bonchev–Trinajstić information content (AvgIpc) is 2.26. The predicted octanol–water partition coefficient (Wildman–Crippen LogP) is 3.18. The molecule has 17 heavy (non-hydrogen) atoms. The van der Waals surface area contributed by atoms with Gasteiger partial charge < -0.3 is 10.1 Å². The molecule has 1 atom stereocenters. The van der Waals surface area contributed by atoms with Crippen molar-refractivity contribution in [2.24, 2.45) is 0 Å². The van der Waals surface area contributed by atoms with E-state index in [0.29, 0.717) is 0 Å². The summed E-state index contributed by atoms with van der Waals surface area (Å²) in [5.41, 5.74) is 2.02. The third-order valence-electron chi connectivity index (χ3n) is 2.92. The quantitative estimate of drug-likeness (QED) is 0.864. The number of benzene rings is 1. The Labute approximate surface area is 97.8 Å². The fraction of sp³-hybridized carbons (Fsp3) is 0.500. The van der Waals surface area contributed by atoms with E-state index in [0.717, 1.165) is 30.5 Å². The largest absolute Gasteiger partial charge is 0.573 e. The first-order valence-electron chi connectivity index (χ1n) is 5.61. The van der Waals surface area contributed by atoms with E-state index in [4.69, 9.17) is 0 Å². The van der Waals surface area contributed by atoms with Crippen LogP contribution in [0.2, 0.25) is 0 Å². The molecule has 0 aromatic heterocycles. The molecular weight excluding hydrogens is 231 g/mol. The van der Waals surface area contributed by atoms with E-state index in [-0.39, 0.29) is 11.8 Å². The first-order chi connectivity index (χ1) is 7.99. The zero-order valence-electron chi connectivity index (χ0n) is 9.47. The molecule has 94 valence electrons. The van der Waals surface area contributed by atoms with E-state index in [9.17, 15) is 13.2 Å². The zero-order valence-corrected chi connectivity index (χ0v) is 9.47. The number of rotatable bonds is 2. The molecule has 0 aliphatic carbocycles. The topological polar surface area (TPSA) is 21.3 Å². The number of ether oxygens (including phenoxy) is 1. The average molecular weight is 245 g/mol. The molecule has 0 fully saturated rings. The SMILES string of the molecule is CCC1NCCc2ccc(OC(F)(F)F)cc21. The van der Waals surface area contributed by atoms with Crippen LogP contribution in [-0.2, 0) is 6.42 Å². The molecule has 0 spiro atoms. The van der Waals surface area contributed by atoms with E-state index in [1.165, 1.54) is 12.1 Å². The first-order valence-corrected chi connectivity index (χ1v) is 5.61. The molecule has 1 aliphatic heterocycles. The first kappa shape index (κ1) is 12.2. The van der Waals surface area contributed by atoms with Gasteiger partial charge in [-0.3, -0.25) is 0 Å². The fourth-order valence-corrected chi connectivity index (χ4v) is 2.18. The van der Waals surface area contributed by atoms with Gasteiger partial charge in [-0.25, -0.2) is 0 Å². The Hall–Kier alpha value is -1.23. The lowest BCUT2D eigenvalue weighted by molar-refractivity contribution is -0.274. The van der Waals surface area contributed by atoms with Gasteiger partial charge in [0, 0.05) is 6.04 Å². The Morgan fingerprint density at radius 2 is 2.18 bits per heavy atom. The summed E-state index contributed by atoms with van der Waals surface area (Å²) in [4.78, 5) is 0. The number of nitrogens with one attached hydrogen (secondary N) is 1. The van der Waals surface area contributed by atoms with Crippen molar-refractivity contribution in [3.8, 4) is 5.75 Å². The molecule has 1 unspecified atom stereocenters. The minimum atomic E-state index is -4.63. The van der Waals surface area contributed by atoms with Gasteiger partial charge in [0.05, 0.1) is 0 Å². The Bertz CT molecular complexity index is 403. The summed E-state index contributed by atoms with van der Waals surface area (Å²) in [7, 11) is 0. The van der Waals surface area contributed by atoms with E-state index in [1.807, 2.05) is 6.92 Å². The van der Waals surface area contributed by atoms with Crippen molar-refractivity contribution in [3.63, 3.8) is 0 Å². The second kappa shape index (κ2) is 4.56. The summed E-state index contributed by atoms with van der Waals surface area (Å²) in [5, 5.41) is 3.28. The van der Waals surface area contributed by atoms with Crippen LogP contribution >= 0.6 is 0 Å². The van der Waals surface area contributed by atoms with Gasteiger partial charge >= 0.3 is 6.36 Å². The summed E-state index contributed by atoms with van der Waals surface area (Å²) < 4.78 is 40.3. The molecule has 1 N–H and O–H groups in total. The maximum atomic E-state index is 12.1. The predicted molar refractivity (Wildman–Crippen MR) is 57.9 cm³/mol. The van der Waals surface area contributed by atoms with E-state index < -0.39 is 6.36 Å². The van der Waals surface area contributed by atoms with Crippen LogP contribution in [0.25, 0.3) is 0 Å². The normalized spacial score (nSPS) is 19.9. The molecule has 0 bridgehead atoms. The molecule has 0 radical (unpaired) electrons. The van der Waals surface area contributed by atoms with Gasteiger partial charge in [-0.2, -0.15) is 0 Å². The van der Waals surface area contributed by atoms with Crippen LogP contribution in [0, 0.1) is 0 Å². The Morgan fingerprint density at radius 1 is 1.41 bits per heavy atom. The lowest BCUT2D eigenvalue weighted by Gasteiger charge is -2.26. The van der Waals surface area contributed by atoms with Crippen molar-refractivity contribution in [1.82, 2.24) is 5.32 Å². The van der Waals surface area contributed by atoms with Crippen molar-refractivity contribution in [1.29, 1.82) is 0 Å². The lowest BCUT2D eigenvalue weighted by atomic mass is 9.93. The number of hydrogen-bond donors (Lipinski definition) is 1. The molecule has 1 aliphatic rings. The van der Waals surface area contributed by atoms with Gasteiger partial charge in [0.15, 0.2) is 0 Å². The minimum Gasteiger partial charge on any atom is -0.406 e. The Kier molecular flexibility index (Phi) is 3.28. The van der Waals surface area contributed by atoms with Crippen molar-refractivity contribution < 1.29 is 17.9 Å². The minimum absolute atomic E-state index is 0.121. The fourth-order valence-electron chi connectivity index (χ4n) is 2.18. The summed E-state index contributed by atoms with van der Waals surface area (Å²) >= 11 is 0. The summed E-state index contributed by atoms with van der Waals surface area (Å²) in [6.45, 7) is 2.87. The van der Waals surface area contributed by atoms with Gasteiger partial charge in [0.1, 0.15) is 5.75 Å². The van der Waals surface area contributed by atoms with Crippen LogP contribution in [0.5, 0.6) is 5.75 Å². The third-order valence-corrected chi connectivity index (χ3v) is 2.92. The molecule has 2 nitrogen and oxygen atoms in total. The van der Waals surface area contributed by atoms with Crippen molar-refractivity contribution in [3.05, 3.63) is 29.3 Å². The lowest BCUT2D eigenvalue weighted by Crippen LogP contribution is -2.29. The number of halogens is 3. The number of hydrogen-bond acceptors (Lipinski definition) is 2. The van der Waals surface area contributed by atoms with Crippen molar-refractivity contribution in [2.75, 3.05) is 6.54 Å². The summed E-state index contributed by atoms with van der Waals surface area (Å²) in [6.07, 6.45) is -2.93. The maximum Gasteiger partial charge on any atom is 0.573 e. The summed E-state index contributed by atoms with van der Waals surface area (Å²) in [6, 6.07) is 4.71. The van der Waals surface area contributed by atoms with Crippen LogP contribution in [-0.4, -0.2) is 12.9 Å². The van der Waals surface area contributed by atoms with Gasteiger partial charge in [-0.1, -0.05) is 13.0 Å². The Morgan fingerprint density at radius 3 is 2.82 bits per heavy atom. The molecular formula is C12H14F3NO. The van der Waals surface area contributed by atoms with Crippen LogP contribution in [0.15, 0.2) is 18.2 Å². The molecule has 2 rings (SSSR count). The monoisotopic (exact) mass is 245 g/mol. The van der Waals surface area contributed by atoms with Gasteiger partial charge in [0.2, 0.25) is 0 Å². The number of fused-ring (bicyclic) bond motifs is 1. The Balaban J connectivity index is 2.28. The standard InChI is InChI=1S/C12H14F3NO/c1-2-11-10-7-9(17-12(13,14)15)4-3-8(10)5-6-16-11/h3-4,7,11,16H,2,5-6H2,1H3. The number of alkyl halides is 3. The smallest absolute Gasteiger partial charge is 0.406 e. The highest BCUT2D eigenvalue weighted by Crippen LogP contribution is 2.31. The molecule has 0 saturated heterocycles. The molecule has 0 saturated carbocycles. The van der Waals surface area contributed by atoms with Crippen molar-refractivity contribution in [2.45, 2.75) is 32.2 Å². The summed E-state index contributed by atoms with van der Waals surface area (Å²) in [5.74, 6) is -0.140. The van der Waals surface area contributed by atoms with Crippen molar-refractivity contribution >= 4 is 0 Å². The molecule has 1 aromatic rings. The zero-order chi connectivity index (χ0) is 12.5. The molecule has 1 heterocycles. The molecule has 5 heteroatoms. The highest BCUT2D eigenvalue weighted by molar-refractivity contribution is 5.39. The van der Waals surface area contributed by atoms with Gasteiger partial charge in [-0.05, 0) is 42.6 Å². The van der Waals surface area contributed by atoms with Gasteiger partial charge in [-0.15, -0.1) is 13.2 Å². The second-order valence-corrected chi connectivity index (χ2v) is 4.07. The highest BCUT2D eigenvalue weighted by Gasteiger charge is 2.31. The van der Waals surface area contributed by atoms with E-state index in [1.54, 1.807) is 6.07 Å². The van der Waals surface area contributed by atoms with E-state index in [2.05, 4.69) is 10.1 Å².